The van der Waals surface area contributed by atoms with Crippen LogP contribution < -0.4 is 4.74 Å². The second-order valence-electron chi connectivity index (χ2n) is 5.13. The molecule has 8 heteroatoms. The molecule has 23 heavy (non-hydrogen) atoms. The maximum absolute atomic E-state index is 12.0. The number of hydrogen-bond donors (Lipinski definition) is 0. The first-order chi connectivity index (χ1) is 11.0. The quantitative estimate of drug-likeness (QED) is 0.572. The van der Waals surface area contributed by atoms with E-state index in [1.54, 1.807) is 7.05 Å². The monoisotopic (exact) mass is 318 g/mol. The van der Waals surface area contributed by atoms with Crippen LogP contribution >= 0.6 is 0 Å². The second-order valence-corrected chi connectivity index (χ2v) is 5.13. The van der Waals surface area contributed by atoms with Crippen molar-refractivity contribution in [2.24, 2.45) is 0 Å². The van der Waals surface area contributed by atoms with E-state index in [0.29, 0.717) is 13.2 Å². The maximum atomic E-state index is 12.0. The van der Waals surface area contributed by atoms with Crippen LogP contribution in [0.15, 0.2) is 36.7 Å². The third kappa shape index (κ3) is 4.80. The van der Waals surface area contributed by atoms with Gasteiger partial charge in [-0.25, -0.2) is 0 Å². The van der Waals surface area contributed by atoms with E-state index in [0.717, 1.165) is 17.5 Å². The van der Waals surface area contributed by atoms with E-state index in [-0.39, 0.29) is 18.1 Å². The number of aryl methyl sites for hydroxylation is 1. The van der Waals surface area contributed by atoms with Crippen molar-refractivity contribution < 1.29 is 14.5 Å². The van der Waals surface area contributed by atoms with Gasteiger partial charge in [0.15, 0.2) is 0 Å². The topological polar surface area (TPSA) is 90.5 Å². The number of likely N-dealkylation sites (N-methyl/N-ethyl adjacent to an activating group) is 1. The van der Waals surface area contributed by atoms with Crippen molar-refractivity contribution >= 4 is 11.6 Å². The van der Waals surface area contributed by atoms with Gasteiger partial charge in [-0.15, -0.1) is 0 Å². The molecule has 0 radical (unpaired) electrons. The number of carbonyl (C=O) groups excluding carboxylic acids is 1. The number of rotatable bonds is 7. The number of carbonyl (C=O) groups is 1. The molecule has 0 fully saturated rings. The normalized spacial score (nSPS) is 10.3. The van der Waals surface area contributed by atoms with E-state index in [1.165, 1.54) is 15.8 Å². The summed E-state index contributed by atoms with van der Waals surface area (Å²) in [6.07, 6.45) is 2.35. The van der Waals surface area contributed by atoms with Crippen molar-refractivity contribution in [2.75, 3.05) is 20.2 Å². The molecule has 8 nitrogen and oxygen atoms in total. The van der Waals surface area contributed by atoms with E-state index >= 15 is 0 Å². The fourth-order valence-corrected chi connectivity index (χ4v) is 1.85. The molecular formula is C15H18N4O4. The standard InChI is InChI=1S/C15H18N4O4/c1-12-3-5-14(6-4-12)23-8-7-17(2)15(20)11-18-10-13(9-16-18)19(21)22/h3-6,9-10H,7-8,11H2,1-2H3. The van der Waals surface area contributed by atoms with Gasteiger partial charge in [-0.05, 0) is 19.1 Å². The largest absolute Gasteiger partial charge is 0.492 e. The predicted octanol–water partition coefficient (Wildman–Crippen LogP) is 1.64. The second kappa shape index (κ2) is 7.39. The number of nitro groups is 1. The molecule has 1 aromatic heterocycles. The van der Waals surface area contributed by atoms with Crippen molar-refractivity contribution in [1.82, 2.24) is 14.7 Å². The fraction of sp³-hybridized carbons (Fsp3) is 0.333. The van der Waals surface area contributed by atoms with Crippen LogP contribution in [0.5, 0.6) is 5.75 Å². The van der Waals surface area contributed by atoms with Crippen LogP contribution in [0.1, 0.15) is 5.56 Å². The van der Waals surface area contributed by atoms with Crippen molar-refractivity contribution in [3.63, 3.8) is 0 Å². The van der Waals surface area contributed by atoms with E-state index < -0.39 is 4.92 Å². The Morgan fingerprint density at radius 1 is 1.39 bits per heavy atom. The van der Waals surface area contributed by atoms with Crippen LogP contribution in [-0.2, 0) is 11.3 Å². The Morgan fingerprint density at radius 3 is 2.70 bits per heavy atom. The maximum Gasteiger partial charge on any atom is 0.307 e. The van der Waals surface area contributed by atoms with Gasteiger partial charge in [-0.2, -0.15) is 5.10 Å². The molecule has 2 aromatic rings. The van der Waals surface area contributed by atoms with Gasteiger partial charge in [0.2, 0.25) is 5.91 Å². The highest BCUT2D eigenvalue weighted by atomic mass is 16.6. The minimum atomic E-state index is -0.549. The Hall–Kier alpha value is -2.90. The lowest BCUT2D eigenvalue weighted by atomic mass is 10.2. The molecule has 0 atom stereocenters. The van der Waals surface area contributed by atoms with Gasteiger partial charge in [0.1, 0.15) is 31.3 Å². The van der Waals surface area contributed by atoms with Crippen molar-refractivity contribution in [1.29, 1.82) is 0 Å². The van der Waals surface area contributed by atoms with Crippen LogP contribution in [0.4, 0.5) is 5.69 Å². The zero-order valence-electron chi connectivity index (χ0n) is 13.0. The summed E-state index contributed by atoms with van der Waals surface area (Å²) in [5.74, 6) is 0.551. The van der Waals surface area contributed by atoms with Gasteiger partial charge >= 0.3 is 5.69 Å². The molecule has 0 saturated heterocycles. The Morgan fingerprint density at radius 2 is 2.09 bits per heavy atom. The number of hydrogen-bond acceptors (Lipinski definition) is 5. The van der Waals surface area contributed by atoms with E-state index in [4.69, 9.17) is 4.74 Å². The first-order valence-corrected chi connectivity index (χ1v) is 7.06. The summed E-state index contributed by atoms with van der Waals surface area (Å²) < 4.78 is 6.81. The van der Waals surface area contributed by atoms with Crippen LogP contribution in [0, 0.1) is 17.0 Å². The van der Waals surface area contributed by atoms with E-state index in [2.05, 4.69) is 5.10 Å². The third-order valence-corrected chi connectivity index (χ3v) is 3.27. The molecule has 122 valence electrons. The summed E-state index contributed by atoms with van der Waals surface area (Å²) in [7, 11) is 1.65. The van der Waals surface area contributed by atoms with E-state index in [1.807, 2.05) is 31.2 Å². The molecule has 0 aliphatic heterocycles. The summed E-state index contributed by atoms with van der Waals surface area (Å²) in [4.78, 5) is 23.5. The smallest absolute Gasteiger partial charge is 0.307 e. The Bertz CT molecular complexity index is 681. The number of benzene rings is 1. The van der Waals surface area contributed by atoms with Crippen molar-refractivity contribution in [3.8, 4) is 5.75 Å². The number of ether oxygens (including phenoxy) is 1. The van der Waals surface area contributed by atoms with Gasteiger partial charge in [-0.3, -0.25) is 19.6 Å². The molecule has 0 aliphatic rings. The van der Waals surface area contributed by atoms with Gasteiger partial charge in [-0.1, -0.05) is 17.7 Å². The molecule has 0 saturated carbocycles. The molecular weight excluding hydrogens is 300 g/mol. The summed E-state index contributed by atoms with van der Waals surface area (Å²) in [6, 6.07) is 7.66. The van der Waals surface area contributed by atoms with E-state index in [9.17, 15) is 14.9 Å². The first kappa shape index (κ1) is 16.5. The predicted molar refractivity (Wildman–Crippen MR) is 83.2 cm³/mol. The van der Waals surface area contributed by atoms with Crippen LogP contribution in [0.2, 0.25) is 0 Å². The molecule has 2 rings (SSSR count). The summed E-state index contributed by atoms with van der Waals surface area (Å²) in [5.41, 5.74) is 1.01. The fourth-order valence-electron chi connectivity index (χ4n) is 1.85. The van der Waals surface area contributed by atoms with Crippen LogP contribution in [0.25, 0.3) is 0 Å². The molecule has 0 bridgehead atoms. The number of amides is 1. The average Bonchev–Trinajstić information content (AvgIpc) is 2.98. The zero-order chi connectivity index (χ0) is 16.8. The average molecular weight is 318 g/mol. The number of aromatic nitrogens is 2. The Kier molecular flexibility index (Phi) is 5.29. The molecule has 1 aromatic carbocycles. The van der Waals surface area contributed by atoms with Gasteiger partial charge in [0.25, 0.3) is 0 Å². The molecule has 1 amide bonds. The van der Waals surface area contributed by atoms with Crippen molar-refractivity contribution in [2.45, 2.75) is 13.5 Å². The highest BCUT2D eigenvalue weighted by Gasteiger charge is 2.13. The molecule has 0 aliphatic carbocycles. The third-order valence-electron chi connectivity index (χ3n) is 3.27. The highest BCUT2D eigenvalue weighted by molar-refractivity contribution is 5.75. The lowest BCUT2D eigenvalue weighted by molar-refractivity contribution is -0.385. The molecule has 0 spiro atoms. The highest BCUT2D eigenvalue weighted by Crippen LogP contribution is 2.11. The summed E-state index contributed by atoms with van der Waals surface area (Å²) in [5, 5.41) is 14.4. The SMILES string of the molecule is Cc1ccc(OCCN(C)C(=O)Cn2cc([N+](=O)[O-])cn2)cc1. The Labute approximate surface area is 133 Å². The first-order valence-electron chi connectivity index (χ1n) is 7.06. The Balaban J connectivity index is 1.78. The molecule has 1 heterocycles. The van der Waals surface area contributed by atoms with Gasteiger partial charge in [0.05, 0.1) is 11.5 Å². The summed E-state index contributed by atoms with van der Waals surface area (Å²) in [6.45, 7) is 2.73. The minimum Gasteiger partial charge on any atom is -0.492 e. The number of nitrogens with zero attached hydrogens (tertiary/aromatic N) is 4. The summed E-state index contributed by atoms with van der Waals surface area (Å²) >= 11 is 0. The van der Waals surface area contributed by atoms with Crippen molar-refractivity contribution in [3.05, 3.63) is 52.3 Å². The van der Waals surface area contributed by atoms with Gasteiger partial charge in [0, 0.05) is 7.05 Å². The zero-order valence-corrected chi connectivity index (χ0v) is 13.0. The lowest BCUT2D eigenvalue weighted by Crippen LogP contribution is -2.33. The molecule has 0 unspecified atom stereocenters. The minimum absolute atomic E-state index is 0.0468. The van der Waals surface area contributed by atoms with Gasteiger partial charge < -0.3 is 9.64 Å². The van der Waals surface area contributed by atoms with Crippen LogP contribution in [0.3, 0.4) is 0 Å². The lowest BCUT2D eigenvalue weighted by Gasteiger charge is -2.17. The molecule has 0 N–H and O–H groups in total. The van der Waals surface area contributed by atoms with Crippen LogP contribution in [-0.4, -0.2) is 45.7 Å².